The molecule has 1 atom stereocenters. The summed E-state index contributed by atoms with van der Waals surface area (Å²) in [6.07, 6.45) is 6.62. The first-order valence-electron chi connectivity index (χ1n) is 12.0. The van der Waals surface area contributed by atoms with Crippen molar-refractivity contribution in [3.05, 3.63) is 69.7 Å². The molecule has 2 aromatic carbocycles. The minimum absolute atomic E-state index is 0.118. The highest BCUT2D eigenvalue weighted by molar-refractivity contribution is 6.30. The smallest absolute Gasteiger partial charge is 0.266 e. The molecule has 0 aliphatic rings. The topological polar surface area (TPSA) is 55.2 Å². The first-order chi connectivity index (χ1) is 16.0. The van der Waals surface area contributed by atoms with Gasteiger partial charge in [-0.3, -0.25) is 14.2 Å². The zero-order valence-electron chi connectivity index (χ0n) is 19.9. The lowest BCUT2D eigenvalue weighted by Gasteiger charge is -2.31. The summed E-state index contributed by atoms with van der Waals surface area (Å²) in [7, 11) is 0. The average molecular weight is 468 g/mol. The molecule has 0 saturated heterocycles. The van der Waals surface area contributed by atoms with Gasteiger partial charge in [0.2, 0.25) is 5.91 Å². The van der Waals surface area contributed by atoms with E-state index in [0.29, 0.717) is 40.4 Å². The Morgan fingerprint density at radius 3 is 2.52 bits per heavy atom. The van der Waals surface area contributed by atoms with Crippen molar-refractivity contribution in [3.63, 3.8) is 0 Å². The minimum Gasteiger partial charge on any atom is -0.333 e. The van der Waals surface area contributed by atoms with Gasteiger partial charge in [0.1, 0.15) is 5.82 Å². The van der Waals surface area contributed by atoms with Gasteiger partial charge in [0.25, 0.3) is 5.56 Å². The zero-order chi connectivity index (χ0) is 23.8. The number of benzene rings is 2. The Bertz CT molecular complexity index is 1140. The lowest BCUT2D eigenvalue weighted by Crippen LogP contribution is -2.38. The van der Waals surface area contributed by atoms with Gasteiger partial charge in [-0.2, -0.15) is 0 Å². The predicted octanol–water partition coefficient (Wildman–Crippen LogP) is 6.70. The zero-order valence-corrected chi connectivity index (χ0v) is 20.6. The van der Waals surface area contributed by atoms with Gasteiger partial charge in [-0.1, -0.05) is 69.3 Å². The Kier molecular flexibility index (Phi) is 9.07. The monoisotopic (exact) mass is 467 g/mol. The van der Waals surface area contributed by atoms with Crippen molar-refractivity contribution in [1.29, 1.82) is 0 Å². The van der Waals surface area contributed by atoms with Crippen molar-refractivity contribution in [2.75, 3.05) is 6.54 Å². The molecular weight excluding hydrogens is 434 g/mol. The van der Waals surface area contributed by atoms with Gasteiger partial charge in [-0.15, -0.1) is 0 Å². The Balaban J connectivity index is 2.09. The molecule has 0 aliphatic carbocycles. The normalized spacial score (nSPS) is 12.1. The Labute approximate surface area is 201 Å². The maximum Gasteiger partial charge on any atom is 0.266 e. The molecule has 0 spiro atoms. The van der Waals surface area contributed by atoms with Crippen molar-refractivity contribution >= 4 is 28.4 Å². The summed E-state index contributed by atoms with van der Waals surface area (Å²) in [5.74, 6) is 0.672. The van der Waals surface area contributed by atoms with E-state index < -0.39 is 0 Å². The van der Waals surface area contributed by atoms with Crippen LogP contribution in [0.1, 0.15) is 77.6 Å². The molecule has 0 radical (unpaired) electrons. The molecule has 176 valence electrons. The maximum absolute atomic E-state index is 13.6. The number of para-hydroxylation sites is 1. The summed E-state index contributed by atoms with van der Waals surface area (Å²) in [6, 6.07) is 14.2. The van der Waals surface area contributed by atoms with Crippen LogP contribution in [0.5, 0.6) is 0 Å². The number of halogens is 1. The van der Waals surface area contributed by atoms with Gasteiger partial charge in [-0.05, 0) is 50.1 Å². The molecular formula is C27H34ClN3O2. The fraction of sp³-hybridized carbons (Fsp3) is 0.444. The van der Waals surface area contributed by atoms with Crippen LogP contribution in [-0.4, -0.2) is 26.9 Å². The lowest BCUT2D eigenvalue weighted by molar-refractivity contribution is -0.133. The Hall–Kier alpha value is -2.66. The van der Waals surface area contributed by atoms with Gasteiger partial charge >= 0.3 is 0 Å². The summed E-state index contributed by atoms with van der Waals surface area (Å²) >= 11 is 6.26. The molecule has 1 heterocycles. The van der Waals surface area contributed by atoms with E-state index in [2.05, 4.69) is 13.8 Å². The standard InChI is InChI=1S/C27H34ClN3O2/c1-4-6-8-9-17-25(32)30(18-7-5-2)20(3)26-29-24-16-11-10-15-23(24)27(33)31(26)22-14-12-13-21(28)19-22/h10-16,19-20H,4-9,17-18H2,1-3H3. The summed E-state index contributed by atoms with van der Waals surface area (Å²) in [5.41, 5.74) is 1.13. The number of nitrogens with zero attached hydrogens (tertiary/aromatic N) is 3. The quantitative estimate of drug-likeness (QED) is 0.295. The van der Waals surface area contributed by atoms with Crippen molar-refractivity contribution in [2.24, 2.45) is 0 Å². The number of hydrogen-bond donors (Lipinski definition) is 0. The highest BCUT2D eigenvalue weighted by atomic mass is 35.5. The molecule has 33 heavy (non-hydrogen) atoms. The van der Waals surface area contributed by atoms with Crippen molar-refractivity contribution in [2.45, 2.75) is 71.8 Å². The van der Waals surface area contributed by atoms with Gasteiger partial charge < -0.3 is 4.90 Å². The number of carbonyl (C=O) groups is 1. The summed E-state index contributed by atoms with van der Waals surface area (Å²) in [6.45, 7) is 6.89. The molecule has 1 amide bonds. The average Bonchev–Trinajstić information content (AvgIpc) is 2.82. The van der Waals surface area contributed by atoms with E-state index in [4.69, 9.17) is 16.6 Å². The molecule has 6 heteroatoms. The number of aromatic nitrogens is 2. The van der Waals surface area contributed by atoms with E-state index in [1.165, 1.54) is 0 Å². The molecule has 5 nitrogen and oxygen atoms in total. The Morgan fingerprint density at radius 2 is 1.79 bits per heavy atom. The third-order valence-electron chi connectivity index (χ3n) is 6.03. The van der Waals surface area contributed by atoms with Gasteiger partial charge in [0, 0.05) is 18.0 Å². The number of amides is 1. The van der Waals surface area contributed by atoms with Crippen LogP contribution in [0.4, 0.5) is 0 Å². The fourth-order valence-electron chi connectivity index (χ4n) is 4.14. The van der Waals surface area contributed by atoms with E-state index in [1.54, 1.807) is 22.8 Å². The summed E-state index contributed by atoms with van der Waals surface area (Å²) < 4.78 is 1.61. The number of rotatable bonds is 11. The SMILES string of the molecule is CCCCCCC(=O)N(CCCC)C(C)c1nc2ccccc2c(=O)n1-c1cccc(Cl)c1. The van der Waals surface area contributed by atoms with Gasteiger partial charge in [0.05, 0.1) is 22.6 Å². The number of fused-ring (bicyclic) bond motifs is 1. The van der Waals surface area contributed by atoms with Crippen LogP contribution in [0.25, 0.3) is 16.6 Å². The molecule has 0 fully saturated rings. The second-order valence-corrected chi connectivity index (χ2v) is 8.97. The van der Waals surface area contributed by atoms with Crippen LogP contribution >= 0.6 is 11.6 Å². The molecule has 0 bridgehead atoms. The molecule has 0 aliphatic heterocycles. The Morgan fingerprint density at radius 1 is 1.03 bits per heavy atom. The highest BCUT2D eigenvalue weighted by Crippen LogP contribution is 2.25. The molecule has 0 N–H and O–H groups in total. The van der Waals surface area contributed by atoms with Crippen LogP contribution in [0.3, 0.4) is 0 Å². The number of carbonyl (C=O) groups excluding carboxylic acids is 1. The summed E-state index contributed by atoms with van der Waals surface area (Å²) in [5, 5.41) is 1.08. The number of unbranched alkanes of at least 4 members (excludes halogenated alkanes) is 4. The van der Waals surface area contributed by atoms with E-state index >= 15 is 0 Å². The molecule has 1 unspecified atom stereocenters. The molecule has 3 aromatic rings. The predicted molar refractivity (Wildman–Crippen MR) is 136 cm³/mol. The van der Waals surface area contributed by atoms with Crippen LogP contribution in [0.15, 0.2) is 53.3 Å². The van der Waals surface area contributed by atoms with Crippen molar-refractivity contribution < 1.29 is 4.79 Å². The minimum atomic E-state index is -0.355. The highest BCUT2D eigenvalue weighted by Gasteiger charge is 2.26. The first kappa shape index (κ1) is 25.0. The third-order valence-corrected chi connectivity index (χ3v) is 6.26. The van der Waals surface area contributed by atoms with Crippen molar-refractivity contribution in [3.8, 4) is 5.69 Å². The summed E-state index contributed by atoms with van der Waals surface area (Å²) in [4.78, 5) is 33.6. The van der Waals surface area contributed by atoms with Crippen LogP contribution in [-0.2, 0) is 4.79 Å². The van der Waals surface area contributed by atoms with Crippen LogP contribution < -0.4 is 5.56 Å². The maximum atomic E-state index is 13.6. The largest absolute Gasteiger partial charge is 0.333 e. The van der Waals surface area contributed by atoms with E-state index in [9.17, 15) is 9.59 Å². The molecule has 3 rings (SSSR count). The first-order valence-corrected chi connectivity index (χ1v) is 12.4. The second-order valence-electron chi connectivity index (χ2n) is 8.53. The van der Waals surface area contributed by atoms with Gasteiger partial charge in [-0.25, -0.2) is 4.98 Å². The fourth-order valence-corrected chi connectivity index (χ4v) is 4.33. The van der Waals surface area contributed by atoms with Gasteiger partial charge in [0.15, 0.2) is 0 Å². The van der Waals surface area contributed by atoms with E-state index in [1.807, 2.05) is 42.2 Å². The second kappa shape index (κ2) is 12.0. The van der Waals surface area contributed by atoms with E-state index in [-0.39, 0.29) is 17.5 Å². The number of hydrogen-bond acceptors (Lipinski definition) is 3. The third kappa shape index (κ3) is 6.02. The van der Waals surface area contributed by atoms with Crippen LogP contribution in [0, 0.1) is 0 Å². The van der Waals surface area contributed by atoms with Crippen molar-refractivity contribution in [1.82, 2.24) is 14.5 Å². The molecule has 0 saturated carbocycles. The van der Waals surface area contributed by atoms with E-state index in [0.717, 1.165) is 38.5 Å². The molecule has 1 aromatic heterocycles. The van der Waals surface area contributed by atoms with Crippen LogP contribution in [0.2, 0.25) is 5.02 Å². The lowest BCUT2D eigenvalue weighted by atomic mass is 10.1.